The van der Waals surface area contributed by atoms with Crippen LogP contribution in [0.2, 0.25) is 0 Å². The molecule has 0 saturated carbocycles. The molecule has 0 aliphatic carbocycles. The Kier molecular flexibility index (Phi) is 5.91. The summed E-state index contributed by atoms with van der Waals surface area (Å²) in [4.78, 5) is 23.4. The van der Waals surface area contributed by atoms with Crippen LogP contribution >= 0.6 is 15.9 Å². The number of aromatic nitrogens is 2. The minimum absolute atomic E-state index is 0.00789. The van der Waals surface area contributed by atoms with Crippen molar-refractivity contribution in [3.8, 4) is 0 Å². The number of amides is 1. The van der Waals surface area contributed by atoms with E-state index in [1.165, 1.54) is 5.56 Å². The Hall–Kier alpha value is -1.95. The number of halogens is 1. The molecule has 1 aliphatic rings. The van der Waals surface area contributed by atoms with Gasteiger partial charge in [0, 0.05) is 41.9 Å². The summed E-state index contributed by atoms with van der Waals surface area (Å²) in [6.07, 6.45) is 7.03. The van der Waals surface area contributed by atoms with Gasteiger partial charge in [-0.1, -0.05) is 41.9 Å². The van der Waals surface area contributed by atoms with Crippen molar-refractivity contribution in [2.24, 2.45) is 5.92 Å². The first-order valence-corrected chi connectivity index (χ1v) is 9.80. The second kappa shape index (κ2) is 8.16. The summed E-state index contributed by atoms with van der Waals surface area (Å²) in [7, 11) is 0. The van der Waals surface area contributed by atoms with Crippen LogP contribution in [0.1, 0.15) is 32.3 Å². The second-order valence-electron chi connectivity index (χ2n) is 7.46. The Bertz CT molecular complexity index is 733. The van der Waals surface area contributed by atoms with Gasteiger partial charge in [0.15, 0.2) is 0 Å². The third-order valence-corrected chi connectivity index (χ3v) is 5.52. The monoisotopic (exact) mass is 416 g/mol. The normalized spacial score (nSPS) is 17.8. The summed E-state index contributed by atoms with van der Waals surface area (Å²) in [5.41, 5.74) is 1.10. The number of anilines is 1. The molecule has 2 heterocycles. The third kappa shape index (κ3) is 4.61. The minimum Gasteiger partial charge on any atom is -0.355 e. The maximum absolute atomic E-state index is 12.7. The van der Waals surface area contributed by atoms with Gasteiger partial charge in [0.25, 0.3) is 0 Å². The molecule has 1 aliphatic heterocycles. The average Bonchev–Trinajstić information content (AvgIpc) is 2.67. The van der Waals surface area contributed by atoms with E-state index in [9.17, 15) is 4.79 Å². The topological polar surface area (TPSA) is 58.1 Å². The Morgan fingerprint density at radius 3 is 2.77 bits per heavy atom. The van der Waals surface area contributed by atoms with E-state index in [0.717, 1.165) is 29.7 Å². The Balaban J connectivity index is 1.58. The summed E-state index contributed by atoms with van der Waals surface area (Å²) >= 11 is 3.47. The van der Waals surface area contributed by atoms with Crippen LogP contribution in [0.4, 0.5) is 5.82 Å². The fraction of sp³-hybridized carbons (Fsp3) is 0.450. The maximum Gasteiger partial charge on any atom is 0.224 e. The Morgan fingerprint density at radius 1 is 1.31 bits per heavy atom. The fourth-order valence-electron chi connectivity index (χ4n) is 3.31. The highest BCUT2D eigenvalue weighted by atomic mass is 79.9. The van der Waals surface area contributed by atoms with Crippen LogP contribution in [0.15, 0.2) is 47.3 Å². The Labute approximate surface area is 163 Å². The van der Waals surface area contributed by atoms with Crippen LogP contribution in [0.3, 0.4) is 0 Å². The van der Waals surface area contributed by atoms with Crippen molar-refractivity contribution in [2.45, 2.75) is 32.1 Å². The van der Waals surface area contributed by atoms with Crippen LogP contribution in [0.25, 0.3) is 0 Å². The van der Waals surface area contributed by atoms with E-state index in [0.29, 0.717) is 13.1 Å². The van der Waals surface area contributed by atoms with Crippen molar-refractivity contribution in [1.29, 1.82) is 0 Å². The molecule has 3 rings (SSSR count). The van der Waals surface area contributed by atoms with Gasteiger partial charge in [-0.3, -0.25) is 9.78 Å². The van der Waals surface area contributed by atoms with Gasteiger partial charge in [0.1, 0.15) is 5.82 Å². The van der Waals surface area contributed by atoms with E-state index in [4.69, 9.17) is 0 Å². The number of benzene rings is 1. The highest BCUT2D eigenvalue weighted by Crippen LogP contribution is 2.25. The van der Waals surface area contributed by atoms with Crippen molar-refractivity contribution in [3.63, 3.8) is 0 Å². The summed E-state index contributed by atoms with van der Waals surface area (Å²) in [6, 6.07) is 8.29. The van der Waals surface area contributed by atoms with Gasteiger partial charge in [-0.25, -0.2) is 4.98 Å². The predicted molar refractivity (Wildman–Crippen MR) is 107 cm³/mol. The summed E-state index contributed by atoms with van der Waals surface area (Å²) in [5, 5.41) is 3.16. The molecule has 2 aromatic rings. The molecule has 138 valence electrons. The molecule has 1 N–H and O–H groups in total. The summed E-state index contributed by atoms with van der Waals surface area (Å²) < 4.78 is 1.06. The van der Waals surface area contributed by atoms with Crippen molar-refractivity contribution >= 4 is 27.7 Å². The number of nitrogens with zero attached hydrogens (tertiary/aromatic N) is 3. The molecule has 0 unspecified atom stereocenters. The van der Waals surface area contributed by atoms with E-state index < -0.39 is 0 Å². The zero-order chi connectivity index (χ0) is 18.6. The number of hydrogen-bond donors (Lipinski definition) is 1. The average molecular weight is 417 g/mol. The fourth-order valence-corrected chi connectivity index (χ4v) is 3.57. The number of hydrogen-bond acceptors (Lipinski definition) is 4. The lowest BCUT2D eigenvalue weighted by Crippen LogP contribution is -2.46. The molecule has 1 saturated heterocycles. The standard InChI is InChI=1S/C20H25BrN4O/c1-20(2,16-5-7-17(21)8-6-16)14-24-19(26)15-4-3-11-25(13-15)18-12-22-9-10-23-18/h5-10,12,15H,3-4,11,13-14H2,1-2H3,(H,24,26)/t15-/m1/s1. The number of nitrogens with one attached hydrogen (secondary N) is 1. The van der Waals surface area contributed by atoms with Crippen LogP contribution < -0.4 is 10.2 Å². The lowest BCUT2D eigenvalue weighted by molar-refractivity contribution is -0.125. The van der Waals surface area contributed by atoms with Crippen molar-refractivity contribution in [3.05, 3.63) is 52.9 Å². The minimum atomic E-state index is -0.115. The van der Waals surface area contributed by atoms with Crippen LogP contribution in [0.5, 0.6) is 0 Å². The first-order chi connectivity index (χ1) is 12.5. The SMILES string of the molecule is CC(C)(CNC(=O)[C@@H]1CCCN(c2cnccn2)C1)c1ccc(Br)cc1. The van der Waals surface area contributed by atoms with Crippen LogP contribution in [0, 0.1) is 5.92 Å². The molecule has 26 heavy (non-hydrogen) atoms. The van der Waals surface area contributed by atoms with Crippen molar-refractivity contribution in [1.82, 2.24) is 15.3 Å². The lowest BCUT2D eigenvalue weighted by Gasteiger charge is -2.33. The second-order valence-corrected chi connectivity index (χ2v) is 8.37. The molecule has 1 fully saturated rings. The molecule has 6 heteroatoms. The maximum atomic E-state index is 12.7. The molecule has 1 aromatic carbocycles. The number of piperidine rings is 1. The molecule has 0 spiro atoms. The molecule has 1 aromatic heterocycles. The molecule has 5 nitrogen and oxygen atoms in total. The zero-order valence-corrected chi connectivity index (χ0v) is 16.9. The summed E-state index contributed by atoms with van der Waals surface area (Å²) in [5.74, 6) is 0.968. The quantitative estimate of drug-likeness (QED) is 0.809. The molecule has 1 atom stereocenters. The third-order valence-electron chi connectivity index (χ3n) is 5.00. The first kappa shape index (κ1) is 18.8. The molecule has 0 radical (unpaired) electrons. The van der Waals surface area contributed by atoms with Gasteiger partial charge in [-0.15, -0.1) is 0 Å². The van der Waals surface area contributed by atoms with Crippen molar-refractivity contribution < 1.29 is 4.79 Å². The molecule has 0 bridgehead atoms. The summed E-state index contributed by atoms with van der Waals surface area (Å²) in [6.45, 7) is 6.55. The van der Waals surface area contributed by atoms with Gasteiger partial charge in [-0.2, -0.15) is 0 Å². The van der Waals surface area contributed by atoms with E-state index in [2.05, 4.69) is 62.1 Å². The van der Waals surface area contributed by atoms with Gasteiger partial charge in [0.05, 0.1) is 12.1 Å². The zero-order valence-electron chi connectivity index (χ0n) is 15.3. The van der Waals surface area contributed by atoms with E-state index in [1.54, 1.807) is 18.6 Å². The van der Waals surface area contributed by atoms with Gasteiger partial charge in [-0.05, 0) is 30.5 Å². The van der Waals surface area contributed by atoms with Crippen LogP contribution in [-0.2, 0) is 10.2 Å². The molecule has 1 amide bonds. The van der Waals surface area contributed by atoms with Gasteiger partial charge >= 0.3 is 0 Å². The molecular weight excluding hydrogens is 392 g/mol. The largest absolute Gasteiger partial charge is 0.355 e. The van der Waals surface area contributed by atoms with Crippen molar-refractivity contribution in [2.75, 3.05) is 24.5 Å². The van der Waals surface area contributed by atoms with E-state index in [1.807, 2.05) is 12.1 Å². The Morgan fingerprint density at radius 2 is 2.08 bits per heavy atom. The van der Waals surface area contributed by atoms with Gasteiger partial charge in [0.2, 0.25) is 5.91 Å². The number of carbonyl (C=O) groups excluding carboxylic acids is 1. The van der Waals surface area contributed by atoms with Crippen LogP contribution in [-0.4, -0.2) is 35.5 Å². The van der Waals surface area contributed by atoms with E-state index >= 15 is 0 Å². The highest BCUT2D eigenvalue weighted by Gasteiger charge is 2.28. The molecular formula is C20H25BrN4O. The van der Waals surface area contributed by atoms with Gasteiger partial charge < -0.3 is 10.2 Å². The predicted octanol–water partition coefficient (Wildman–Crippen LogP) is 3.55. The smallest absolute Gasteiger partial charge is 0.224 e. The number of rotatable bonds is 5. The number of carbonyl (C=O) groups is 1. The lowest BCUT2D eigenvalue weighted by atomic mass is 9.84. The van der Waals surface area contributed by atoms with E-state index in [-0.39, 0.29) is 17.2 Å². The first-order valence-electron chi connectivity index (χ1n) is 9.00. The highest BCUT2D eigenvalue weighted by molar-refractivity contribution is 9.10.